The second-order valence-electron chi connectivity index (χ2n) is 5.42. The Labute approximate surface area is 147 Å². The van der Waals surface area contributed by atoms with Crippen molar-refractivity contribution in [3.05, 3.63) is 16.8 Å². The van der Waals surface area contributed by atoms with Crippen LogP contribution in [0.3, 0.4) is 0 Å². The van der Waals surface area contributed by atoms with Crippen molar-refractivity contribution in [2.24, 2.45) is 0 Å². The van der Waals surface area contributed by atoms with E-state index in [2.05, 4.69) is 15.9 Å². The van der Waals surface area contributed by atoms with E-state index in [0.717, 1.165) is 12.5 Å². The molecule has 138 valence electrons. The van der Waals surface area contributed by atoms with Crippen LogP contribution in [0.2, 0.25) is 0 Å². The normalized spacial score (nSPS) is 18.6. The standard InChI is InChI=1S/C12H17BrF2N2O5S2/c1-23(18,19)16-5-2-9(3-6-16)17(8-11(14)15)24(20,21)12-10(13)4-7-22-12/h4,7,9,11H,2-3,5-6,8H2,1H3. The predicted octanol–water partition coefficient (Wildman–Crippen LogP) is 1.72. The Kier molecular flexibility index (Phi) is 6.06. The third kappa shape index (κ3) is 4.34. The van der Waals surface area contributed by atoms with Crippen LogP contribution in [0.4, 0.5) is 8.78 Å². The lowest BCUT2D eigenvalue weighted by Gasteiger charge is -2.36. The van der Waals surface area contributed by atoms with E-state index in [1.54, 1.807) is 0 Å². The Morgan fingerprint density at radius 3 is 2.33 bits per heavy atom. The van der Waals surface area contributed by atoms with Gasteiger partial charge in [-0.05, 0) is 34.8 Å². The Bertz CT molecular complexity index is 773. The number of piperidine rings is 1. The molecule has 0 aromatic carbocycles. The van der Waals surface area contributed by atoms with Gasteiger partial charge in [-0.1, -0.05) is 0 Å². The Morgan fingerprint density at radius 2 is 1.92 bits per heavy atom. The molecule has 0 saturated carbocycles. The Hall–Kier alpha value is -0.560. The summed E-state index contributed by atoms with van der Waals surface area (Å²) in [5, 5.41) is -0.436. The average Bonchev–Trinajstić information content (AvgIpc) is 2.90. The van der Waals surface area contributed by atoms with Crippen LogP contribution in [0.15, 0.2) is 26.3 Å². The molecule has 0 spiro atoms. The Balaban J connectivity index is 2.26. The summed E-state index contributed by atoms with van der Waals surface area (Å²) in [6, 6.07) is 0.638. The van der Waals surface area contributed by atoms with Gasteiger partial charge in [-0.2, -0.15) is 4.31 Å². The smallest absolute Gasteiger partial charge is 0.278 e. The largest absolute Gasteiger partial charge is 0.451 e. The number of hydrogen-bond donors (Lipinski definition) is 0. The van der Waals surface area contributed by atoms with Crippen molar-refractivity contribution in [3.63, 3.8) is 0 Å². The molecule has 2 rings (SSSR count). The molecule has 1 aliphatic heterocycles. The van der Waals surface area contributed by atoms with Crippen LogP contribution in [0.25, 0.3) is 0 Å². The summed E-state index contributed by atoms with van der Waals surface area (Å²) >= 11 is 3.02. The van der Waals surface area contributed by atoms with E-state index in [4.69, 9.17) is 4.42 Å². The Morgan fingerprint density at radius 1 is 1.33 bits per heavy atom. The minimum absolute atomic E-state index is 0.0814. The molecular formula is C12H17BrF2N2O5S2. The third-order valence-corrected chi connectivity index (χ3v) is 7.78. The molecule has 1 aromatic heterocycles. The molecule has 1 aliphatic rings. The fraction of sp³-hybridized carbons (Fsp3) is 0.667. The lowest BCUT2D eigenvalue weighted by atomic mass is 10.1. The van der Waals surface area contributed by atoms with Crippen molar-refractivity contribution < 1.29 is 30.0 Å². The molecule has 0 radical (unpaired) electrons. The number of sulfonamides is 2. The van der Waals surface area contributed by atoms with Gasteiger partial charge in [0.2, 0.25) is 15.1 Å². The molecule has 0 aliphatic carbocycles. The van der Waals surface area contributed by atoms with Gasteiger partial charge in [0.1, 0.15) is 0 Å². The quantitative estimate of drug-likeness (QED) is 0.658. The van der Waals surface area contributed by atoms with Gasteiger partial charge in [0.15, 0.2) is 0 Å². The maximum Gasteiger partial charge on any atom is 0.278 e. The molecule has 12 heteroatoms. The highest BCUT2D eigenvalue weighted by Gasteiger charge is 2.39. The fourth-order valence-electron chi connectivity index (χ4n) is 2.61. The zero-order valence-corrected chi connectivity index (χ0v) is 15.9. The topological polar surface area (TPSA) is 87.9 Å². The van der Waals surface area contributed by atoms with Crippen molar-refractivity contribution in [1.29, 1.82) is 0 Å². The number of nitrogens with zero attached hydrogens (tertiary/aromatic N) is 2. The summed E-state index contributed by atoms with van der Waals surface area (Å²) in [5.41, 5.74) is 0. The van der Waals surface area contributed by atoms with E-state index in [0.29, 0.717) is 4.31 Å². The van der Waals surface area contributed by atoms with E-state index in [-0.39, 0.29) is 30.4 Å². The highest BCUT2D eigenvalue weighted by molar-refractivity contribution is 9.10. The van der Waals surface area contributed by atoms with Crippen LogP contribution in [-0.2, 0) is 20.0 Å². The summed E-state index contributed by atoms with van der Waals surface area (Å²) in [4.78, 5) is 0. The lowest BCUT2D eigenvalue weighted by Crippen LogP contribution is -2.49. The SMILES string of the molecule is CS(=O)(=O)N1CCC(N(CC(F)F)S(=O)(=O)c2occc2Br)CC1. The van der Waals surface area contributed by atoms with Crippen LogP contribution in [-0.4, -0.2) is 63.8 Å². The number of halogens is 3. The summed E-state index contributed by atoms with van der Waals surface area (Å²) in [7, 11) is -7.66. The first-order valence-electron chi connectivity index (χ1n) is 7.01. The van der Waals surface area contributed by atoms with Gasteiger partial charge in [-0.15, -0.1) is 0 Å². The zero-order chi connectivity index (χ0) is 18.1. The summed E-state index contributed by atoms with van der Waals surface area (Å²) < 4.78 is 81.2. The van der Waals surface area contributed by atoms with Crippen molar-refractivity contribution in [3.8, 4) is 0 Å². The average molecular weight is 451 g/mol. The van der Waals surface area contributed by atoms with Gasteiger partial charge in [0.25, 0.3) is 16.4 Å². The highest BCUT2D eigenvalue weighted by Crippen LogP contribution is 2.30. The van der Waals surface area contributed by atoms with Crippen molar-refractivity contribution >= 4 is 36.0 Å². The first-order chi connectivity index (χ1) is 11.0. The van der Waals surface area contributed by atoms with E-state index in [9.17, 15) is 25.6 Å². The number of furan rings is 1. The monoisotopic (exact) mass is 450 g/mol. The van der Waals surface area contributed by atoms with Gasteiger partial charge in [0, 0.05) is 19.1 Å². The van der Waals surface area contributed by atoms with Crippen molar-refractivity contribution in [2.75, 3.05) is 25.9 Å². The molecule has 0 bridgehead atoms. The second-order valence-corrected chi connectivity index (χ2v) is 10.0. The summed E-state index contributed by atoms with van der Waals surface area (Å²) in [6.07, 6.45) is -0.388. The van der Waals surface area contributed by atoms with Crippen LogP contribution in [0, 0.1) is 0 Å². The molecule has 0 amide bonds. The second kappa shape index (κ2) is 7.36. The molecule has 0 atom stereocenters. The maximum atomic E-state index is 12.9. The van der Waals surface area contributed by atoms with Gasteiger partial charge in [-0.25, -0.2) is 29.9 Å². The zero-order valence-electron chi connectivity index (χ0n) is 12.7. The van der Waals surface area contributed by atoms with Gasteiger partial charge < -0.3 is 4.42 Å². The molecule has 1 aromatic rings. The number of rotatable bonds is 6. The minimum Gasteiger partial charge on any atom is -0.451 e. The first kappa shape index (κ1) is 19.8. The maximum absolute atomic E-state index is 12.9. The number of hydrogen-bond acceptors (Lipinski definition) is 5. The molecule has 1 saturated heterocycles. The number of alkyl halides is 2. The lowest BCUT2D eigenvalue weighted by molar-refractivity contribution is 0.0942. The first-order valence-corrected chi connectivity index (χ1v) is 11.1. The molecule has 7 nitrogen and oxygen atoms in total. The molecular weight excluding hydrogens is 434 g/mol. The molecule has 0 unspecified atom stereocenters. The van der Waals surface area contributed by atoms with Gasteiger partial charge in [0.05, 0.1) is 23.5 Å². The van der Waals surface area contributed by atoms with Crippen LogP contribution >= 0.6 is 15.9 Å². The summed E-state index contributed by atoms with van der Waals surface area (Å²) in [5.74, 6) is 0. The van der Waals surface area contributed by atoms with E-state index in [1.807, 2.05) is 0 Å². The highest BCUT2D eigenvalue weighted by atomic mass is 79.9. The van der Waals surface area contributed by atoms with Crippen molar-refractivity contribution in [2.45, 2.75) is 30.4 Å². The van der Waals surface area contributed by atoms with Crippen LogP contribution < -0.4 is 0 Å². The molecule has 24 heavy (non-hydrogen) atoms. The fourth-order valence-corrected chi connectivity index (χ4v) is 5.92. The summed E-state index contributed by atoms with van der Waals surface area (Å²) in [6.45, 7) is -0.810. The van der Waals surface area contributed by atoms with E-state index in [1.165, 1.54) is 10.4 Å². The molecule has 2 heterocycles. The van der Waals surface area contributed by atoms with Crippen LogP contribution in [0.5, 0.6) is 0 Å². The van der Waals surface area contributed by atoms with Gasteiger partial charge >= 0.3 is 0 Å². The predicted molar refractivity (Wildman–Crippen MR) is 85.7 cm³/mol. The third-order valence-electron chi connectivity index (χ3n) is 3.75. The van der Waals surface area contributed by atoms with E-state index < -0.39 is 44.2 Å². The minimum atomic E-state index is -4.26. The van der Waals surface area contributed by atoms with E-state index >= 15 is 0 Å². The van der Waals surface area contributed by atoms with Gasteiger partial charge in [-0.3, -0.25) is 0 Å². The molecule has 0 N–H and O–H groups in total. The van der Waals surface area contributed by atoms with Crippen molar-refractivity contribution in [1.82, 2.24) is 8.61 Å². The van der Waals surface area contributed by atoms with Crippen LogP contribution in [0.1, 0.15) is 12.8 Å². The molecule has 1 fully saturated rings.